The van der Waals surface area contributed by atoms with Gasteiger partial charge in [0.15, 0.2) is 0 Å². The fraction of sp³-hybridized carbons (Fsp3) is 0.120. The molecule has 3 aromatic carbocycles. The van der Waals surface area contributed by atoms with Crippen LogP contribution in [0.1, 0.15) is 15.9 Å². The minimum absolute atomic E-state index is 0.191. The minimum atomic E-state index is -0.203. The molecule has 2 heterocycles. The van der Waals surface area contributed by atoms with E-state index >= 15 is 0 Å². The first-order valence-corrected chi connectivity index (χ1v) is 10.3. The fourth-order valence-electron chi connectivity index (χ4n) is 4.00. The summed E-state index contributed by atoms with van der Waals surface area (Å²) in [6.07, 6.45) is 2.01. The molecule has 0 aliphatic rings. The Kier molecular flexibility index (Phi) is 4.78. The molecule has 0 aliphatic heterocycles. The van der Waals surface area contributed by atoms with E-state index in [-0.39, 0.29) is 11.6 Å². The Morgan fingerprint density at radius 3 is 2.69 bits per heavy atom. The van der Waals surface area contributed by atoms with E-state index in [1.807, 2.05) is 48.7 Å². The minimum Gasteiger partial charge on any atom is -0.495 e. The number of nitrogens with zero attached hydrogens (tertiary/aromatic N) is 2. The number of ether oxygens (including phenoxy) is 1. The summed E-state index contributed by atoms with van der Waals surface area (Å²) in [6, 6.07) is 21.2. The van der Waals surface area contributed by atoms with Crippen LogP contribution in [0.25, 0.3) is 27.6 Å². The lowest BCUT2D eigenvalue weighted by Crippen LogP contribution is -2.22. The first kappa shape index (κ1) is 19.7. The van der Waals surface area contributed by atoms with Gasteiger partial charge in [0.1, 0.15) is 5.75 Å². The van der Waals surface area contributed by atoms with E-state index in [0.717, 1.165) is 33.4 Å². The number of amides is 1. The van der Waals surface area contributed by atoms with Crippen molar-refractivity contribution in [1.29, 1.82) is 0 Å². The number of rotatable bonds is 5. The van der Waals surface area contributed by atoms with Crippen molar-refractivity contribution < 1.29 is 9.53 Å². The van der Waals surface area contributed by atoms with Gasteiger partial charge in [-0.2, -0.15) is 0 Å². The van der Waals surface area contributed by atoms with Crippen LogP contribution < -0.4 is 15.7 Å². The standard InChI is InChI=1S/C25H22N4O3/c1-28-21-10-8-18(14-19(21)27-25(28)31)24(30)26-15-16-7-9-20-17(13-16)11-12-29(20)22-5-3-4-6-23(22)32-2/h3-14H,15H2,1-2H3,(H,26,30)(H,27,31). The molecule has 0 atom stereocenters. The molecule has 5 aromatic rings. The van der Waals surface area contributed by atoms with Crippen molar-refractivity contribution in [3.63, 3.8) is 0 Å². The van der Waals surface area contributed by atoms with Gasteiger partial charge in [-0.25, -0.2) is 4.79 Å². The summed E-state index contributed by atoms with van der Waals surface area (Å²) in [6.45, 7) is 0.401. The number of hydrogen-bond acceptors (Lipinski definition) is 3. The number of nitrogens with one attached hydrogen (secondary N) is 2. The highest BCUT2D eigenvalue weighted by molar-refractivity contribution is 5.97. The maximum Gasteiger partial charge on any atom is 0.326 e. The summed E-state index contributed by atoms with van der Waals surface area (Å²) in [5.41, 5.74) is 4.73. The average Bonchev–Trinajstić information content (AvgIpc) is 3.37. The molecule has 0 bridgehead atoms. The molecule has 32 heavy (non-hydrogen) atoms. The highest BCUT2D eigenvalue weighted by Crippen LogP contribution is 2.27. The molecule has 0 aliphatic carbocycles. The zero-order valence-corrected chi connectivity index (χ0v) is 17.8. The van der Waals surface area contributed by atoms with Gasteiger partial charge in [-0.3, -0.25) is 9.36 Å². The number of carbonyl (C=O) groups excluding carboxylic acids is 1. The zero-order chi connectivity index (χ0) is 22.2. The van der Waals surface area contributed by atoms with Crippen LogP contribution in [0.2, 0.25) is 0 Å². The fourth-order valence-corrected chi connectivity index (χ4v) is 4.00. The van der Waals surface area contributed by atoms with Gasteiger partial charge in [-0.05, 0) is 54.1 Å². The van der Waals surface area contributed by atoms with Crippen LogP contribution in [0.5, 0.6) is 5.75 Å². The Hall–Kier alpha value is -4.26. The third kappa shape index (κ3) is 3.33. The second-order valence-electron chi connectivity index (χ2n) is 7.65. The predicted molar refractivity (Wildman–Crippen MR) is 125 cm³/mol. The first-order chi connectivity index (χ1) is 15.5. The highest BCUT2D eigenvalue weighted by atomic mass is 16.5. The number of imidazole rings is 1. The average molecular weight is 426 g/mol. The summed E-state index contributed by atoms with van der Waals surface area (Å²) in [5, 5.41) is 4.03. The second kappa shape index (κ2) is 7.77. The molecule has 7 heteroatoms. The maximum atomic E-state index is 12.6. The zero-order valence-electron chi connectivity index (χ0n) is 17.8. The topological polar surface area (TPSA) is 81.1 Å². The van der Waals surface area contributed by atoms with Crippen molar-refractivity contribution in [1.82, 2.24) is 19.4 Å². The summed E-state index contributed by atoms with van der Waals surface area (Å²) < 4.78 is 9.10. The Morgan fingerprint density at radius 2 is 1.84 bits per heavy atom. The molecular formula is C25H22N4O3. The lowest BCUT2D eigenvalue weighted by Gasteiger charge is -2.11. The van der Waals surface area contributed by atoms with Crippen molar-refractivity contribution in [2.75, 3.05) is 7.11 Å². The van der Waals surface area contributed by atoms with E-state index in [1.165, 1.54) is 4.57 Å². The number of hydrogen-bond donors (Lipinski definition) is 2. The Labute approximate surface area is 183 Å². The number of aromatic amines is 1. The van der Waals surface area contributed by atoms with Crippen LogP contribution in [0.3, 0.4) is 0 Å². The number of H-pyrrole nitrogens is 1. The third-order valence-electron chi connectivity index (χ3n) is 5.72. The number of carbonyl (C=O) groups is 1. The van der Waals surface area contributed by atoms with Crippen molar-refractivity contribution in [2.45, 2.75) is 6.54 Å². The number of benzene rings is 3. The SMILES string of the molecule is COc1ccccc1-n1ccc2cc(CNC(=O)c3ccc4c(c3)[nH]c(=O)n4C)ccc21. The molecule has 160 valence electrons. The highest BCUT2D eigenvalue weighted by Gasteiger charge is 2.11. The van der Waals surface area contributed by atoms with E-state index < -0.39 is 0 Å². The maximum absolute atomic E-state index is 12.6. The van der Waals surface area contributed by atoms with E-state index in [0.29, 0.717) is 17.6 Å². The quantitative estimate of drug-likeness (QED) is 0.449. The van der Waals surface area contributed by atoms with Crippen molar-refractivity contribution in [3.8, 4) is 11.4 Å². The molecule has 2 aromatic heterocycles. The summed E-state index contributed by atoms with van der Waals surface area (Å²) in [7, 11) is 3.36. The summed E-state index contributed by atoms with van der Waals surface area (Å²) in [4.78, 5) is 27.2. The van der Waals surface area contributed by atoms with E-state index in [2.05, 4.69) is 20.9 Å². The van der Waals surface area contributed by atoms with Crippen LogP contribution in [0.15, 0.2) is 77.7 Å². The normalized spacial score (nSPS) is 11.2. The number of aromatic nitrogens is 3. The van der Waals surface area contributed by atoms with Gasteiger partial charge < -0.3 is 19.6 Å². The Morgan fingerprint density at radius 1 is 1.03 bits per heavy atom. The molecule has 7 nitrogen and oxygen atoms in total. The van der Waals surface area contributed by atoms with Gasteiger partial charge in [0.2, 0.25) is 0 Å². The summed E-state index contributed by atoms with van der Waals surface area (Å²) >= 11 is 0. The first-order valence-electron chi connectivity index (χ1n) is 10.3. The molecule has 0 fully saturated rings. The molecule has 0 radical (unpaired) electrons. The van der Waals surface area contributed by atoms with Crippen molar-refractivity contribution in [2.24, 2.45) is 7.05 Å². The van der Waals surface area contributed by atoms with Crippen LogP contribution in [0, 0.1) is 0 Å². The Balaban J connectivity index is 1.36. The van der Waals surface area contributed by atoms with Crippen molar-refractivity contribution in [3.05, 3.63) is 94.5 Å². The monoisotopic (exact) mass is 426 g/mol. The van der Waals surface area contributed by atoms with Gasteiger partial charge in [0.05, 0.1) is 29.3 Å². The predicted octanol–water partition coefficient (Wildman–Crippen LogP) is 3.75. The number of aryl methyl sites for hydroxylation is 1. The third-order valence-corrected chi connectivity index (χ3v) is 5.72. The second-order valence-corrected chi connectivity index (χ2v) is 7.65. The van der Waals surface area contributed by atoms with E-state index in [4.69, 9.17) is 4.74 Å². The molecule has 0 unspecified atom stereocenters. The van der Waals surface area contributed by atoms with Crippen molar-refractivity contribution >= 4 is 27.8 Å². The molecule has 2 N–H and O–H groups in total. The summed E-state index contributed by atoms with van der Waals surface area (Å²) in [5.74, 6) is 0.612. The van der Waals surface area contributed by atoms with Crippen LogP contribution >= 0.6 is 0 Å². The molecule has 1 amide bonds. The number of methoxy groups -OCH3 is 1. The molecular weight excluding hydrogens is 404 g/mol. The van der Waals surface area contributed by atoms with Gasteiger partial charge in [-0.15, -0.1) is 0 Å². The van der Waals surface area contributed by atoms with E-state index in [1.54, 1.807) is 32.4 Å². The van der Waals surface area contributed by atoms with Crippen LogP contribution in [-0.2, 0) is 13.6 Å². The van der Waals surface area contributed by atoms with Gasteiger partial charge >= 0.3 is 5.69 Å². The van der Waals surface area contributed by atoms with Gasteiger partial charge in [-0.1, -0.05) is 18.2 Å². The lowest BCUT2D eigenvalue weighted by molar-refractivity contribution is 0.0951. The van der Waals surface area contributed by atoms with Gasteiger partial charge in [0, 0.05) is 30.7 Å². The molecule has 0 saturated carbocycles. The lowest BCUT2D eigenvalue weighted by atomic mass is 10.1. The molecule has 0 saturated heterocycles. The largest absolute Gasteiger partial charge is 0.495 e. The van der Waals surface area contributed by atoms with Crippen LogP contribution in [0.4, 0.5) is 0 Å². The van der Waals surface area contributed by atoms with E-state index in [9.17, 15) is 9.59 Å². The van der Waals surface area contributed by atoms with Crippen LogP contribution in [-0.4, -0.2) is 27.1 Å². The Bertz CT molecular complexity index is 1520. The molecule has 0 spiro atoms. The smallest absolute Gasteiger partial charge is 0.326 e. The number of fused-ring (bicyclic) bond motifs is 2. The molecule has 5 rings (SSSR count). The number of para-hydroxylation sites is 2. The van der Waals surface area contributed by atoms with Gasteiger partial charge in [0.25, 0.3) is 5.91 Å².